The van der Waals surface area contributed by atoms with Crippen molar-refractivity contribution < 1.29 is 14.3 Å². The van der Waals surface area contributed by atoms with Crippen molar-refractivity contribution in [2.45, 2.75) is 0 Å². The van der Waals surface area contributed by atoms with Crippen LogP contribution >= 0.6 is 11.8 Å². The number of carbonyl (C=O) groups is 1. The van der Waals surface area contributed by atoms with Gasteiger partial charge in [0.2, 0.25) is 0 Å². The Morgan fingerprint density at radius 3 is 2.30 bits per heavy atom. The van der Waals surface area contributed by atoms with Gasteiger partial charge in [0.15, 0.2) is 0 Å². The van der Waals surface area contributed by atoms with E-state index < -0.39 is 0 Å². The SMILES string of the molecule is COc1cc(N=C2NC(=O)S/C2=C/c2ccc3c(c2)n(C)c(=O)n3C)cc(OC)c1. The Balaban J connectivity index is 1.76. The van der Waals surface area contributed by atoms with E-state index in [0.29, 0.717) is 27.9 Å². The van der Waals surface area contributed by atoms with Crippen molar-refractivity contribution in [2.75, 3.05) is 14.2 Å². The molecular weight excluding hydrogens is 404 g/mol. The number of fused-ring (bicyclic) bond motifs is 1. The third-order valence-electron chi connectivity index (χ3n) is 4.83. The second-order valence-electron chi connectivity index (χ2n) is 6.70. The zero-order valence-electron chi connectivity index (χ0n) is 16.9. The lowest BCUT2D eigenvalue weighted by molar-refractivity contribution is 0.265. The molecule has 0 atom stereocenters. The Hall–Kier alpha value is -3.46. The van der Waals surface area contributed by atoms with Crippen LogP contribution < -0.4 is 20.5 Å². The number of benzene rings is 2. The molecule has 1 amide bonds. The first kappa shape index (κ1) is 19.8. The van der Waals surface area contributed by atoms with Crippen molar-refractivity contribution >= 4 is 45.6 Å². The molecule has 0 aliphatic carbocycles. The number of aryl methyl sites for hydroxylation is 2. The maximum atomic E-state index is 12.2. The van der Waals surface area contributed by atoms with Gasteiger partial charge >= 0.3 is 5.69 Å². The Bertz CT molecular complexity index is 1260. The second-order valence-corrected chi connectivity index (χ2v) is 7.72. The maximum Gasteiger partial charge on any atom is 0.328 e. The van der Waals surface area contributed by atoms with Crippen LogP contribution in [0.2, 0.25) is 0 Å². The summed E-state index contributed by atoms with van der Waals surface area (Å²) in [4.78, 5) is 29.5. The van der Waals surface area contributed by atoms with E-state index in [4.69, 9.17) is 9.47 Å². The summed E-state index contributed by atoms with van der Waals surface area (Å²) in [7, 11) is 6.61. The highest BCUT2D eigenvalue weighted by atomic mass is 32.2. The third-order valence-corrected chi connectivity index (χ3v) is 5.65. The molecule has 1 fully saturated rings. The van der Waals surface area contributed by atoms with E-state index in [2.05, 4.69) is 10.3 Å². The first-order chi connectivity index (χ1) is 14.4. The Morgan fingerprint density at radius 2 is 1.63 bits per heavy atom. The molecule has 2 aromatic carbocycles. The molecule has 3 aromatic rings. The zero-order valence-corrected chi connectivity index (χ0v) is 17.7. The average molecular weight is 424 g/mol. The fourth-order valence-corrected chi connectivity index (χ4v) is 4.00. The molecule has 8 nitrogen and oxygen atoms in total. The molecule has 1 aromatic heterocycles. The van der Waals surface area contributed by atoms with Gasteiger partial charge in [0.05, 0.1) is 35.8 Å². The third kappa shape index (κ3) is 3.59. The lowest BCUT2D eigenvalue weighted by Crippen LogP contribution is -2.19. The van der Waals surface area contributed by atoms with Gasteiger partial charge in [-0.15, -0.1) is 0 Å². The van der Waals surface area contributed by atoms with Crippen LogP contribution in [0.3, 0.4) is 0 Å². The second kappa shape index (κ2) is 7.75. The molecule has 0 unspecified atom stereocenters. The van der Waals surface area contributed by atoms with E-state index in [0.717, 1.165) is 28.4 Å². The van der Waals surface area contributed by atoms with E-state index in [-0.39, 0.29) is 10.9 Å². The fourth-order valence-electron chi connectivity index (χ4n) is 3.26. The summed E-state index contributed by atoms with van der Waals surface area (Å²) < 4.78 is 13.8. The first-order valence-electron chi connectivity index (χ1n) is 9.07. The van der Waals surface area contributed by atoms with Crippen molar-refractivity contribution in [1.82, 2.24) is 14.5 Å². The number of aromatic nitrogens is 2. The minimum Gasteiger partial charge on any atom is -0.497 e. The van der Waals surface area contributed by atoms with E-state index in [1.165, 1.54) is 0 Å². The van der Waals surface area contributed by atoms with Crippen molar-refractivity contribution in [2.24, 2.45) is 19.1 Å². The number of ether oxygens (including phenoxy) is 2. The smallest absolute Gasteiger partial charge is 0.328 e. The molecule has 30 heavy (non-hydrogen) atoms. The van der Waals surface area contributed by atoms with Crippen molar-refractivity contribution in [3.05, 3.63) is 57.4 Å². The van der Waals surface area contributed by atoms with Crippen LogP contribution in [0, 0.1) is 0 Å². The number of imidazole rings is 1. The monoisotopic (exact) mass is 424 g/mol. The maximum absolute atomic E-state index is 12.2. The molecular formula is C21H20N4O4S. The Morgan fingerprint density at radius 1 is 0.967 bits per heavy atom. The summed E-state index contributed by atoms with van der Waals surface area (Å²) in [6, 6.07) is 11.0. The van der Waals surface area contributed by atoms with Crippen LogP contribution in [0.15, 0.2) is 51.1 Å². The van der Waals surface area contributed by atoms with Crippen molar-refractivity contribution in [1.29, 1.82) is 0 Å². The summed E-state index contributed by atoms with van der Waals surface area (Å²) in [5, 5.41) is 2.57. The van der Waals surface area contributed by atoms with Gasteiger partial charge in [-0.2, -0.15) is 0 Å². The number of nitrogens with zero attached hydrogens (tertiary/aromatic N) is 3. The summed E-state index contributed by atoms with van der Waals surface area (Å²) in [6.45, 7) is 0. The molecule has 0 bridgehead atoms. The minimum absolute atomic E-state index is 0.0869. The number of amides is 1. The predicted octanol–water partition coefficient (Wildman–Crippen LogP) is 3.42. The predicted molar refractivity (Wildman–Crippen MR) is 119 cm³/mol. The van der Waals surface area contributed by atoms with Crippen LogP contribution in [-0.2, 0) is 14.1 Å². The van der Waals surface area contributed by atoms with E-state index >= 15 is 0 Å². The molecule has 0 saturated carbocycles. The highest BCUT2D eigenvalue weighted by molar-refractivity contribution is 8.18. The quantitative estimate of drug-likeness (QED) is 0.694. The highest BCUT2D eigenvalue weighted by Gasteiger charge is 2.24. The molecule has 0 radical (unpaired) electrons. The molecule has 1 aliphatic heterocycles. The largest absolute Gasteiger partial charge is 0.497 e. The normalized spacial score (nSPS) is 16.5. The number of hydrogen-bond acceptors (Lipinski definition) is 6. The lowest BCUT2D eigenvalue weighted by Gasteiger charge is -2.06. The molecule has 1 N–H and O–H groups in total. The Labute approximate surface area is 176 Å². The number of thioether (sulfide) groups is 1. The zero-order chi connectivity index (χ0) is 21.4. The number of carbonyl (C=O) groups excluding carboxylic acids is 1. The molecule has 1 aliphatic rings. The van der Waals surface area contributed by atoms with Gasteiger partial charge in [0.1, 0.15) is 17.3 Å². The molecule has 9 heteroatoms. The van der Waals surface area contributed by atoms with E-state index in [9.17, 15) is 9.59 Å². The number of hydrogen-bond donors (Lipinski definition) is 1. The first-order valence-corrected chi connectivity index (χ1v) is 9.89. The van der Waals surface area contributed by atoms with Gasteiger partial charge in [-0.1, -0.05) is 6.07 Å². The summed E-state index contributed by atoms with van der Waals surface area (Å²) in [6.07, 6.45) is 1.87. The number of methoxy groups -OCH3 is 2. The van der Waals surface area contributed by atoms with Gasteiger partial charge in [-0.3, -0.25) is 13.9 Å². The van der Waals surface area contributed by atoms with Crippen LogP contribution in [0.5, 0.6) is 11.5 Å². The topological polar surface area (TPSA) is 86.9 Å². The van der Waals surface area contributed by atoms with E-state index in [1.54, 1.807) is 55.6 Å². The van der Waals surface area contributed by atoms with Crippen molar-refractivity contribution in [3.8, 4) is 11.5 Å². The highest BCUT2D eigenvalue weighted by Crippen LogP contribution is 2.32. The Kier molecular flexibility index (Phi) is 5.13. The van der Waals surface area contributed by atoms with Gasteiger partial charge in [-0.25, -0.2) is 9.79 Å². The van der Waals surface area contributed by atoms with Crippen LogP contribution in [0.25, 0.3) is 17.1 Å². The minimum atomic E-state index is -0.206. The summed E-state index contributed by atoms with van der Waals surface area (Å²) in [5.74, 6) is 1.65. The lowest BCUT2D eigenvalue weighted by atomic mass is 10.2. The summed E-state index contributed by atoms with van der Waals surface area (Å²) >= 11 is 1.07. The molecule has 154 valence electrons. The van der Waals surface area contributed by atoms with Crippen LogP contribution in [-0.4, -0.2) is 34.4 Å². The molecule has 0 spiro atoms. The number of nitrogens with one attached hydrogen (secondary N) is 1. The summed E-state index contributed by atoms with van der Waals surface area (Å²) in [5.41, 5.74) is 3.02. The van der Waals surface area contributed by atoms with Gasteiger partial charge in [-0.05, 0) is 35.5 Å². The van der Waals surface area contributed by atoms with Gasteiger partial charge in [0.25, 0.3) is 5.24 Å². The van der Waals surface area contributed by atoms with Crippen LogP contribution in [0.4, 0.5) is 10.5 Å². The number of aliphatic imine (C=N–C) groups is 1. The number of amidine groups is 1. The average Bonchev–Trinajstić information content (AvgIpc) is 3.19. The van der Waals surface area contributed by atoms with Gasteiger partial charge in [0, 0.05) is 32.3 Å². The van der Waals surface area contributed by atoms with E-state index in [1.807, 2.05) is 24.3 Å². The molecule has 4 rings (SSSR count). The van der Waals surface area contributed by atoms with Gasteiger partial charge < -0.3 is 14.8 Å². The number of rotatable bonds is 4. The molecule has 1 saturated heterocycles. The standard InChI is InChI=1S/C21H20N4O4S/c1-24-16-6-5-12(7-17(16)25(2)21(24)27)8-18-19(23-20(26)30-18)22-13-9-14(28-3)11-15(10-13)29-4/h5-11H,1-4H3,(H,22,23,26)/b18-8+. The molecule has 2 heterocycles. The fraction of sp³-hybridized carbons (Fsp3) is 0.190. The van der Waals surface area contributed by atoms with Crippen molar-refractivity contribution in [3.63, 3.8) is 0 Å². The van der Waals surface area contributed by atoms with Crippen LogP contribution in [0.1, 0.15) is 5.56 Å².